The first-order chi connectivity index (χ1) is 27.4. The van der Waals surface area contributed by atoms with Gasteiger partial charge in [-0.1, -0.05) is 55.8 Å². The lowest BCUT2D eigenvalue weighted by Crippen LogP contribution is -2.67. The van der Waals surface area contributed by atoms with E-state index >= 15 is 4.79 Å². The van der Waals surface area contributed by atoms with E-state index in [0.717, 1.165) is 40.8 Å². The molecule has 7 nitrogen and oxygen atoms in total. The fourth-order valence-electron chi connectivity index (χ4n) is 12.0. The van der Waals surface area contributed by atoms with Gasteiger partial charge in [0.2, 0.25) is 5.78 Å². The van der Waals surface area contributed by atoms with Crippen LogP contribution in [0.25, 0.3) is 11.3 Å². The summed E-state index contributed by atoms with van der Waals surface area (Å²) >= 11 is 9.10. The van der Waals surface area contributed by atoms with Crippen LogP contribution in [-0.4, -0.2) is 53.5 Å². The molecule has 1 aromatic carbocycles. The number of benzene rings is 1. The summed E-state index contributed by atoms with van der Waals surface area (Å²) in [6.07, 6.45) is 5.63. The number of aliphatic hydroxyl groups is 2. The third-order valence-corrected chi connectivity index (χ3v) is 19.5. The molecule has 2 N–H and O–H groups in total. The first-order valence-corrected chi connectivity index (χ1v) is 23.4. The van der Waals surface area contributed by atoms with Crippen molar-refractivity contribution in [2.75, 3.05) is 13.1 Å². The number of allylic oxidation sites excluding steroid dienone is 4. The number of rotatable bonds is 10. The van der Waals surface area contributed by atoms with Crippen LogP contribution in [0.2, 0.25) is 5.02 Å². The van der Waals surface area contributed by atoms with Gasteiger partial charge in [0.15, 0.2) is 5.76 Å². The Labute approximate surface area is 349 Å². The lowest BCUT2D eigenvalue weighted by molar-refractivity contribution is -0.173. The molecule has 4 aromatic rings. The minimum Gasteiger partial charge on any atom is -0.453 e. The minimum absolute atomic E-state index is 0.0134. The summed E-state index contributed by atoms with van der Waals surface area (Å²) < 4.78 is 77.5. The number of carbonyl (C=O) groups excluding carboxylic acids is 1. The zero-order valence-corrected chi connectivity index (χ0v) is 35.3. The number of nitrogens with zero attached hydrogens (tertiary/aromatic N) is 1. The standard InChI is InChI=1S/C44H45ClF3NO6S3/c1-39-15-11-28(50)24-41(39)18-19-43(31(25-41)38(51)34-10-9-33(55-34)30-23-27(44(46,47)48)7-8-32(30)45)35(39)12-16-40(2)36(43)13-17-42(40,52)26-49(20-14-29-5-3-21-56-29)58(53,54)37-6-4-22-57-37/h3-10,18-19,21-23,25,28,35-36,50,52H,11-17,20,24,26H2,1-2H3/t28?,35-,36-,39-,40+,41+,42-,43-/m1/s1. The van der Waals surface area contributed by atoms with Crippen molar-refractivity contribution in [1.82, 2.24) is 4.31 Å². The Morgan fingerprint density at radius 1 is 0.966 bits per heavy atom. The van der Waals surface area contributed by atoms with Gasteiger partial charge in [-0.2, -0.15) is 17.5 Å². The maximum Gasteiger partial charge on any atom is 0.416 e. The SMILES string of the molecule is C[C@]12CC[C@H]3[C@]4(C=C[C@@]5(C=C4C(=O)c4ccc(-c6cc(C(F)(F)F)ccc6Cl)o4)CC(O)CC[C@]35C)[C@@H]1CC[C@@]2(O)CN(CCc1cccs1)S(=O)(=O)c1cccs1. The summed E-state index contributed by atoms with van der Waals surface area (Å²) in [7, 11) is -3.95. The van der Waals surface area contributed by atoms with Crippen molar-refractivity contribution in [3.63, 3.8) is 0 Å². The molecule has 3 heterocycles. The van der Waals surface area contributed by atoms with Crippen LogP contribution in [0.4, 0.5) is 13.2 Å². The number of sulfonamides is 1. The Bertz CT molecular complexity index is 2430. The number of halogens is 4. The maximum atomic E-state index is 15.1. The van der Waals surface area contributed by atoms with Gasteiger partial charge in [-0.25, -0.2) is 8.42 Å². The zero-order valence-electron chi connectivity index (χ0n) is 32.1. The number of alkyl halides is 3. The van der Waals surface area contributed by atoms with Crippen molar-refractivity contribution in [3.8, 4) is 11.3 Å². The van der Waals surface area contributed by atoms with Gasteiger partial charge in [0.25, 0.3) is 10.0 Å². The molecule has 3 saturated carbocycles. The molecule has 0 amide bonds. The number of hydrogen-bond acceptors (Lipinski definition) is 8. The molecule has 2 bridgehead atoms. The van der Waals surface area contributed by atoms with Crippen molar-refractivity contribution in [3.05, 3.63) is 110 Å². The normalized spacial score (nSPS) is 34.2. The Morgan fingerprint density at radius 2 is 1.69 bits per heavy atom. The summed E-state index contributed by atoms with van der Waals surface area (Å²) in [5, 5.41) is 27.9. The number of thiophene rings is 2. The summed E-state index contributed by atoms with van der Waals surface area (Å²) in [6.45, 7) is 4.42. The summed E-state index contributed by atoms with van der Waals surface area (Å²) in [4.78, 5) is 16.2. The van der Waals surface area contributed by atoms with E-state index in [4.69, 9.17) is 16.0 Å². The van der Waals surface area contributed by atoms with E-state index < -0.39 is 55.5 Å². The summed E-state index contributed by atoms with van der Waals surface area (Å²) in [5.74, 6) is -0.726. The van der Waals surface area contributed by atoms with Gasteiger partial charge in [-0.05, 0) is 122 Å². The topological polar surface area (TPSA) is 108 Å². The van der Waals surface area contributed by atoms with Crippen LogP contribution in [0.3, 0.4) is 0 Å². The van der Waals surface area contributed by atoms with Crippen LogP contribution in [0.5, 0.6) is 0 Å². The molecule has 2 spiro atoms. The van der Waals surface area contributed by atoms with E-state index in [0.29, 0.717) is 50.5 Å². The van der Waals surface area contributed by atoms with E-state index in [1.54, 1.807) is 28.8 Å². The summed E-state index contributed by atoms with van der Waals surface area (Å²) in [6, 6.07) is 13.1. The van der Waals surface area contributed by atoms with Crippen molar-refractivity contribution in [2.45, 2.75) is 87.3 Å². The molecule has 0 aliphatic heterocycles. The second kappa shape index (κ2) is 13.7. The van der Waals surface area contributed by atoms with Crippen LogP contribution in [-0.2, 0) is 22.6 Å². The number of hydrogen-bond donors (Lipinski definition) is 2. The fraction of sp³-hybridized carbons (Fsp3) is 0.477. The third kappa shape index (κ3) is 5.88. The highest BCUT2D eigenvalue weighted by Crippen LogP contribution is 2.78. The number of ketones is 1. The zero-order chi connectivity index (χ0) is 41.1. The van der Waals surface area contributed by atoms with Crippen LogP contribution in [0, 0.1) is 33.5 Å². The summed E-state index contributed by atoms with van der Waals surface area (Å²) in [5.41, 5.74) is -4.45. The second-order valence-corrected chi connectivity index (χ2v) is 22.1. The molecule has 6 aliphatic carbocycles. The van der Waals surface area contributed by atoms with Crippen LogP contribution < -0.4 is 0 Å². The van der Waals surface area contributed by atoms with Gasteiger partial charge in [0, 0.05) is 45.3 Å². The van der Waals surface area contributed by atoms with E-state index in [9.17, 15) is 31.8 Å². The van der Waals surface area contributed by atoms with E-state index in [2.05, 4.69) is 26.0 Å². The quantitative estimate of drug-likeness (QED) is 0.121. The lowest BCUT2D eigenvalue weighted by atomic mass is 9.32. The molecule has 3 fully saturated rings. The molecule has 1 unspecified atom stereocenters. The highest BCUT2D eigenvalue weighted by Gasteiger charge is 2.74. The molecule has 3 aromatic heterocycles. The van der Waals surface area contributed by atoms with Crippen molar-refractivity contribution < 1.29 is 41.0 Å². The first-order valence-electron chi connectivity index (χ1n) is 19.8. The second-order valence-electron chi connectivity index (χ2n) is 17.6. The van der Waals surface area contributed by atoms with Gasteiger partial charge in [0.05, 0.1) is 22.3 Å². The molecule has 0 radical (unpaired) electrons. The van der Waals surface area contributed by atoms with Gasteiger partial charge in [-0.15, -0.1) is 22.7 Å². The number of furan rings is 1. The van der Waals surface area contributed by atoms with E-state index in [-0.39, 0.29) is 56.7 Å². The highest BCUT2D eigenvalue weighted by atomic mass is 35.5. The number of aliphatic hydroxyl groups excluding tert-OH is 1. The molecule has 14 heteroatoms. The smallest absolute Gasteiger partial charge is 0.416 e. The number of Topliss-reactive ketones (excluding diaryl/α,β-unsaturated/α-hetero) is 1. The average Bonchev–Trinajstić information content (AvgIpc) is 4.01. The largest absolute Gasteiger partial charge is 0.453 e. The van der Waals surface area contributed by atoms with Crippen molar-refractivity contribution >= 4 is 50.1 Å². The van der Waals surface area contributed by atoms with Crippen LogP contribution in [0.15, 0.2) is 97.8 Å². The highest BCUT2D eigenvalue weighted by molar-refractivity contribution is 7.91. The number of fused-ring (bicyclic) bond motifs is 1. The monoisotopic (exact) mass is 871 g/mol. The third-order valence-electron chi connectivity index (χ3n) is 15.1. The maximum absolute atomic E-state index is 15.1. The van der Waals surface area contributed by atoms with Crippen molar-refractivity contribution in [1.29, 1.82) is 0 Å². The van der Waals surface area contributed by atoms with Crippen molar-refractivity contribution in [2.24, 2.45) is 33.5 Å². The molecule has 58 heavy (non-hydrogen) atoms. The van der Waals surface area contributed by atoms with Crippen LogP contribution in [0.1, 0.15) is 79.8 Å². The van der Waals surface area contributed by atoms with Gasteiger partial charge >= 0.3 is 6.18 Å². The number of carbonyl (C=O) groups is 1. The molecule has 10 rings (SSSR count). The minimum atomic E-state index is -4.61. The van der Waals surface area contributed by atoms with Crippen LogP contribution >= 0.6 is 34.3 Å². The van der Waals surface area contributed by atoms with Gasteiger partial charge in [-0.3, -0.25) is 4.79 Å². The Balaban J connectivity index is 1.12. The van der Waals surface area contributed by atoms with E-state index in [1.165, 1.54) is 16.4 Å². The molecule has 0 saturated heterocycles. The molecule has 308 valence electrons. The Hall–Kier alpha value is -3.04. The molecular weight excluding hydrogens is 827 g/mol. The first kappa shape index (κ1) is 40.4. The lowest BCUT2D eigenvalue weighted by Gasteiger charge is -2.71. The molecule has 6 aliphatic rings. The Morgan fingerprint density at radius 3 is 2.41 bits per heavy atom. The molecular formula is C44H45ClF3NO6S3. The van der Waals surface area contributed by atoms with Gasteiger partial charge in [0.1, 0.15) is 9.97 Å². The predicted octanol–water partition coefficient (Wildman–Crippen LogP) is 10.4. The van der Waals surface area contributed by atoms with Gasteiger partial charge < -0.3 is 14.6 Å². The Kier molecular flexibility index (Phi) is 9.56. The fourth-order valence-corrected chi connectivity index (χ4v) is 15.6. The predicted molar refractivity (Wildman–Crippen MR) is 218 cm³/mol. The molecule has 8 atom stereocenters. The van der Waals surface area contributed by atoms with E-state index in [1.807, 2.05) is 23.6 Å². The average molecular weight is 872 g/mol.